The van der Waals surface area contributed by atoms with Crippen LogP contribution < -0.4 is 16.0 Å². The molecule has 0 saturated carbocycles. The topological polar surface area (TPSA) is 180 Å². The van der Waals surface area contributed by atoms with Gasteiger partial charge in [0.05, 0.1) is 12.0 Å². The normalized spacial score (nSPS) is 20.5. The van der Waals surface area contributed by atoms with Gasteiger partial charge in [0.1, 0.15) is 23.9 Å². The molecule has 1 heterocycles. The van der Waals surface area contributed by atoms with Crippen LogP contribution in [0.3, 0.4) is 0 Å². The van der Waals surface area contributed by atoms with Crippen LogP contribution >= 0.6 is 0 Å². The lowest BCUT2D eigenvalue weighted by atomic mass is 9.93. The second-order valence-corrected chi connectivity index (χ2v) is 7.79. The number of amides is 2. The Morgan fingerprint density at radius 1 is 1.15 bits per heavy atom. The standard InChI is InChI=1S/C22H24N4O8/c1-10-20(29)25-15(22(31)34-3)7-11-6-14(19(28)16(8-11)26(32)33)13-9-12(4-5-17(13)27)18(23-2)21(30)24-10/h4-6,8-10,15,18,23,27-28H,7H2,1-3H3,(H,24,30)(H,25,29)/t10-,15-,18-/m0/s1. The fourth-order valence-electron chi connectivity index (χ4n) is 3.77. The van der Waals surface area contributed by atoms with Crippen LogP contribution in [0.5, 0.6) is 11.5 Å². The fraction of sp³-hybridized carbons (Fsp3) is 0.318. The number of hydrogen-bond donors (Lipinski definition) is 5. The lowest BCUT2D eigenvalue weighted by Crippen LogP contribution is -2.52. The summed E-state index contributed by atoms with van der Waals surface area (Å²) in [5.41, 5.74) is -0.108. The molecule has 0 radical (unpaired) electrons. The van der Waals surface area contributed by atoms with E-state index in [4.69, 9.17) is 4.74 Å². The van der Waals surface area contributed by atoms with Crippen molar-refractivity contribution in [2.24, 2.45) is 0 Å². The van der Waals surface area contributed by atoms with E-state index in [0.717, 1.165) is 13.2 Å². The number of fused-ring (bicyclic) bond motifs is 5. The molecular formula is C22H24N4O8. The van der Waals surface area contributed by atoms with Gasteiger partial charge in [0.25, 0.3) is 0 Å². The molecule has 2 amide bonds. The minimum atomic E-state index is -1.24. The number of ether oxygens (including phenoxy) is 1. The number of nitrogens with zero attached hydrogens (tertiary/aromatic N) is 1. The molecule has 4 bridgehead atoms. The molecule has 180 valence electrons. The Hall–Kier alpha value is -4.19. The Kier molecular flexibility index (Phi) is 7.01. The summed E-state index contributed by atoms with van der Waals surface area (Å²) in [6.07, 6.45) is -0.215. The van der Waals surface area contributed by atoms with E-state index in [1.807, 2.05) is 0 Å². The zero-order valence-electron chi connectivity index (χ0n) is 18.6. The smallest absolute Gasteiger partial charge is 0.328 e. The van der Waals surface area contributed by atoms with Gasteiger partial charge in [0, 0.05) is 23.6 Å². The van der Waals surface area contributed by atoms with Crippen LogP contribution in [0.15, 0.2) is 30.3 Å². The van der Waals surface area contributed by atoms with Crippen molar-refractivity contribution in [1.82, 2.24) is 16.0 Å². The van der Waals surface area contributed by atoms with Crippen LogP contribution in [0.1, 0.15) is 24.1 Å². The summed E-state index contributed by atoms with van der Waals surface area (Å²) in [6.45, 7) is 1.44. The first kappa shape index (κ1) is 24.5. The Morgan fingerprint density at radius 2 is 1.85 bits per heavy atom. The predicted octanol–water partition coefficient (Wildman–Crippen LogP) is 0.652. The van der Waals surface area contributed by atoms with Crippen molar-refractivity contribution in [3.05, 3.63) is 51.6 Å². The largest absolute Gasteiger partial charge is 0.507 e. The first-order chi connectivity index (χ1) is 16.1. The van der Waals surface area contributed by atoms with Gasteiger partial charge in [0.15, 0.2) is 0 Å². The number of likely N-dealkylation sites (N-methyl/N-ethyl adjacent to an activating group) is 1. The van der Waals surface area contributed by atoms with Crippen LogP contribution in [0.25, 0.3) is 11.1 Å². The SMILES string of the molecule is CN[C@@H]1C(=O)N[C@@H](C)C(=O)N[C@H](C(=O)OC)Cc2cc(c(O)c([N+](=O)[O-])c2)-c2cc1ccc2O. The quantitative estimate of drug-likeness (QED) is 0.243. The average Bonchev–Trinajstić information content (AvgIpc) is 2.79. The van der Waals surface area contributed by atoms with Gasteiger partial charge in [-0.2, -0.15) is 0 Å². The number of nitro groups is 1. The lowest BCUT2D eigenvalue weighted by molar-refractivity contribution is -0.385. The highest BCUT2D eigenvalue weighted by Gasteiger charge is 2.30. The van der Waals surface area contributed by atoms with E-state index in [1.165, 1.54) is 38.2 Å². The Morgan fingerprint density at radius 3 is 2.47 bits per heavy atom. The number of carbonyl (C=O) groups is 3. The molecule has 2 aromatic carbocycles. The first-order valence-corrected chi connectivity index (χ1v) is 10.3. The molecule has 0 unspecified atom stereocenters. The zero-order chi connectivity index (χ0) is 25.2. The van der Waals surface area contributed by atoms with Crippen LogP contribution in [0.2, 0.25) is 0 Å². The molecule has 0 saturated heterocycles. The number of benzene rings is 2. The van der Waals surface area contributed by atoms with Gasteiger partial charge in [0.2, 0.25) is 17.6 Å². The average molecular weight is 472 g/mol. The molecule has 34 heavy (non-hydrogen) atoms. The van der Waals surface area contributed by atoms with Gasteiger partial charge in [-0.3, -0.25) is 19.7 Å². The molecule has 3 rings (SSSR count). The number of aromatic hydroxyl groups is 2. The highest BCUT2D eigenvalue weighted by Crippen LogP contribution is 2.42. The Labute approximate surface area is 194 Å². The third-order valence-corrected chi connectivity index (χ3v) is 5.54. The maximum Gasteiger partial charge on any atom is 0.328 e. The summed E-state index contributed by atoms with van der Waals surface area (Å²) >= 11 is 0. The maximum atomic E-state index is 12.9. The van der Waals surface area contributed by atoms with Crippen molar-refractivity contribution in [2.75, 3.05) is 14.2 Å². The predicted molar refractivity (Wildman–Crippen MR) is 119 cm³/mol. The van der Waals surface area contributed by atoms with Crippen LogP contribution in [-0.2, 0) is 25.5 Å². The minimum Gasteiger partial charge on any atom is -0.507 e. The molecule has 1 aliphatic rings. The van der Waals surface area contributed by atoms with Gasteiger partial charge >= 0.3 is 11.7 Å². The highest BCUT2D eigenvalue weighted by atomic mass is 16.6. The van der Waals surface area contributed by atoms with Gasteiger partial charge < -0.3 is 30.9 Å². The number of carbonyl (C=O) groups excluding carboxylic acids is 3. The number of phenolic OH excluding ortho intramolecular Hbond substituents is 2. The van der Waals surface area contributed by atoms with Crippen molar-refractivity contribution >= 4 is 23.5 Å². The van der Waals surface area contributed by atoms with Crippen molar-refractivity contribution in [3.63, 3.8) is 0 Å². The van der Waals surface area contributed by atoms with Gasteiger partial charge in [-0.15, -0.1) is 0 Å². The second kappa shape index (κ2) is 9.75. The van der Waals surface area contributed by atoms with Crippen LogP contribution in [0.4, 0.5) is 5.69 Å². The number of phenols is 2. The molecule has 3 atom stereocenters. The van der Waals surface area contributed by atoms with Crippen LogP contribution in [0, 0.1) is 10.1 Å². The summed E-state index contributed by atoms with van der Waals surface area (Å²) in [4.78, 5) is 48.7. The number of methoxy groups -OCH3 is 1. The Bertz CT molecular complexity index is 1170. The first-order valence-electron chi connectivity index (χ1n) is 10.3. The number of nitro benzene ring substituents is 1. The number of nitrogens with one attached hydrogen (secondary N) is 3. The molecular weight excluding hydrogens is 448 g/mol. The summed E-state index contributed by atoms with van der Waals surface area (Å²) in [5.74, 6) is -3.05. The van der Waals surface area contributed by atoms with E-state index < -0.39 is 52.3 Å². The van der Waals surface area contributed by atoms with E-state index in [2.05, 4.69) is 16.0 Å². The molecule has 5 N–H and O–H groups in total. The Balaban J connectivity index is 2.30. The third kappa shape index (κ3) is 4.76. The van der Waals surface area contributed by atoms with Crippen molar-refractivity contribution in [2.45, 2.75) is 31.5 Å². The zero-order valence-corrected chi connectivity index (χ0v) is 18.6. The van der Waals surface area contributed by atoms with Gasteiger partial charge in [-0.05, 0) is 43.3 Å². The summed E-state index contributed by atoms with van der Waals surface area (Å²) in [6, 6.07) is 3.39. The molecule has 2 aromatic rings. The monoisotopic (exact) mass is 472 g/mol. The number of esters is 1. The van der Waals surface area contributed by atoms with Gasteiger partial charge in [-0.1, -0.05) is 6.07 Å². The van der Waals surface area contributed by atoms with E-state index in [0.29, 0.717) is 5.56 Å². The molecule has 0 aromatic heterocycles. The van der Waals surface area contributed by atoms with E-state index in [-0.39, 0.29) is 28.9 Å². The summed E-state index contributed by atoms with van der Waals surface area (Å²) in [7, 11) is 2.64. The summed E-state index contributed by atoms with van der Waals surface area (Å²) in [5, 5.41) is 40.6. The molecule has 0 spiro atoms. The molecule has 12 heteroatoms. The minimum absolute atomic E-state index is 0.0387. The summed E-state index contributed by atoms with van der Waals surface area (Å²) < 4.78 is 4.75. The molecule has 0 fully saturated rings. The second-order valence-electron chi connectivity index (χ2n) is 7.79. The number of hydrogen-bond acceptors (Lipinski definition) is 9. The van der Waals surface area contributed by atoms with Gasteiger partial charge in [-0.25, -0.2) is 4.79 Å². The maximum absolute atomic E-state index is 12.9. The van der Waals surface area contributed by atoms with E-state index in [1.54, 1.807) is 0 Å². The lowest BCUT2D eigenvalue weighted by Gasteiger charge is -2.24. The van der Waals surface area contributed by atoms with E-state index in [9.17, 15) is 34.7 Å². The molecule has 1 aliphatic heterocycles. The van der Waals surface area contributed by atoms with Crippen molar-refractivity contribution in [1.29, 1.82) is 0 Å². The molecule has 0 aliphatic carbocycles. The van der Waals surface area contributed by atoms with Crippen LogP contribution in [-0.4, -0.2) is 59.2 Å². The van der Waals surface area contributed by atoms with Crippen molar-refractivity contribution in [3.8, 4) is 22.6 Å². The van der Waals surface area contributed by atoms with Crippen molar-refractivity contribution < 1.29 is 34.3 Å². The molecule has 12 nitrogen and oxygen atoms in total. The fourth-order valence-corrected chi connectivity index (χ4v) is 3.77. The highest BCUT2D eigenvalue weighted by molar-refractivity contribution is 5.93. The van der Waals surface area contributed by atoms with E-state index >= 15 is 0 Å². The number of rotatable bonds is 3. The third-order valence-electron chi connectivity index (χ3n) is 5.54.